The van der Waals surface area contributed by atoms with Gasteiger partial charge >= 0.3 is 6.18 Å². The molecule has 2 aromatic rings. The highest BCUT2D eigenvalue weighted by Gasteiger charge is 2.46. The summed E-state index contributed by atoms with van der Waals surface area (Å²) in [6, 6.07) is 1.18. The van der Waals surface area contributed by atoms with E-state index < -0.39 is 31.3 Å². The number of hydrogen-bond acceptors (Lipinski definition) is 4. The van der Waals surface area contributed by atoms with E-state index in [0.29, 0.717) is 5.39 Å². The van der Waals surface area contributed by atoms with Crippen LogP contribution in [0.4, 0.5) is 22.0 Å². The molecule has 3 heterocycles. The fourth-order valence-corrected chi connectivity index (χ4v) is 2.22. The van der Waals surface area contributed by atoms with E-state index in [-0.39, 0.29) is 30.3 Å². The molecule has 0 aromatic carbocycles. The molecular weight excluding hydrogens is 347 g/mol. The normalized spacial score (nSPS) is 20.5. The summed E-state index contributed by atoms with van der Waals surface area (Å²) in [6.45, 7) is -1.85. The first kappa shape index (κ1) is 17.7. The van der Waals surface area contributed by atoms with E-state index in [1.807, 2.05) is 0 Å². The Bertz CT molecular complexity index is 690. The van der Waals surface area contributed by atoms with Crippen molar-refractivity contribution in [3.63, 3.8) is 0 Å². The standard InChI is InChI=1S/C12H11F5N4O.ClH/c13-11(14)5-18-4-9(11)22-10-1-8-7(2-19-10)3-20-21(8)6-12(15,16)17;/h1-3,9,18H,4-6H2;1H/t9-;/m0./s1. The van der Waals surface area contributed by atoms with Crippen LogP contribution in [0, 0.1) is 0 Å². The minimum atomic E-state index is -4.44. The fraction of sp³-hybridized carbons (Fsp3) is 0.500. The smallest absolute Gasteiger partial charge is 0.408 e. The summed E-state index contributed by atoms with van der Waals surface area (Å²) in [5.41, 5.74) is 0.122. The predicted octanol–water partition coefficient (Wildman–Crippen LogP) is 2.40. The number of alkyl halides is 5. The molecule has 128 valence electrons. The molecule has 23 heavy (non-hydrogen) atoms. The van der Waals surface area contributed by atoms with Gasteiger partial charge in [-0.15, -0.1) is 12.4 Å². The number of rotatable bonds is 3. The van der Waals surface area contributed by atoms with Crippen molar-refractivity contribution >= 4 is 23.3 Å². The molecule has 2 aromatic heterocycles. The summed E-state index contributed by atoms with van der Waals surface area (Å²) in [5.74, 6) is -3.21. The van der Waals surface area contributed by atoms with Gasteiger partial charge in [-0.05, 0) is 0 Å². The number of hydrogen-bond donors (Lipinski definition) is 1. The molecule has 5 nitrogen and oxygen atoms in total. The van der Waals surface area contributed by atoms with Crippen molar-refractivity contribution in [3.8, 4) is 5.88 Å². The van der Waals surface area contributed by atoms with Crippen LogP contribution in [0.3, 0.4) is 0 Å². The second-order valence-corrected chi connectivity index (χ2v) is 5.00. The van der Waals surface area contributed by atoms with Crippen LogP contribution in [0.5, 0.6) is 5.88 Å². The monoisotopic (exact) mass is 358 g/mol. The third-order valence-corrected chi connectivity index (χ3v) is 3.25. The van der Waals surface area contributed by atoms with Crippen LogP contribution in [0.1, 0.15) is 0 Å². The fourth-order valence-electron chi connectivity index (χ4n) is 2.22. The van der Waals surface area contributed by atoms with E-state index >= 15 is 0 Å². The van der Waals surface area contributed by atoms with Gasteiger partial charge in [0, 0.05) is 24.2 Å². The lowest BCUT2D eigenvalue weighted by Crippen LogP contribution is -2.36. The number of aromatic nitrogens is 3. The van der Waals surface area contributed by atoms with E-state index in [4.69, 9.17) is 4.74 Å². The maximum Gasteiger partial charge on any atom is 0.408 e. The van der Waals surface area contributed by atoms with Gasteiger partial charge in [0.15, 0.2) is 6.10 Å². The topological polar surface area (TPSA) is 52.0 Å². The van der Waals surface area contributed by atoms with Crippen LogP contribution >= 0.6 is 12.4 Å². The van der Waals surface area contributed by atoms with Crippen molar-refractivity contribution in [1.82, 2.24) is 20.1 Å². The van der Waals surface area contributed by atoms with E-state index in [9.17, 15) is 22.0 Å². The molecule has 1 aliphatic rings. The molecule has 0 spiro atoms. The maximum absolute atomic E-state index is 13.5. The number of pyridine rings is 1. The first-order valence-electron chi connectivity index (χ1n) is 6.38. The summed E-state index contributed by atoms with van der Waals surface area (Å²) >= 11 is 0. The number of nitrogens with one attached hydrogen (secondary N) is 1. The highest BCUT2D eigenvalue weighted by molar-refractivity contribution is 5.85. The Balaban J connectivity index is 0.00000192. The molecule has 1 saturated heterocycles. The summed E-state index contributed by atoms with van der Waals surface area (Å²) in [4.78, 5) is 3.83. The molecule has 11 heteroatoms. The summed E-state index contributed by atoms with van der Waals surface area (Å²) < 4.78 is 70.2. The van der Waals surface area contributed by atoms with Crippen LogP contribution in [-0.4, -0.2) is 46.1 Å². The first-order valence-corrected chi connectivity index (χ1v) is 6.38. The second-order valence-electron chi connectivity index (χ2n) is 5.00. The van der Waals surface area contributed by atoms with Gasteiger partial charge in [-0.2, -0.15) is 18.3 Å². The molecule has 0 bridgehead atoms. The van der Waals surface area contributed by atoms with Crippen molar-refractivity contribution in [1.29, 1.82) is 0 Å². The Kier molecular flexibility index (Phi) is 4.67. The number of ether oxygens (including phenoxy) is 1. The van der Waals surface area contributed by atoms with Crippen LogP contribution in [0.2, 0.25) is 0 Å². The first-order chi connectivity index (χ1) is 10.2. The zero-order valence-corrected chi connectivity index (χ0v) is 12.3. The van der Waals surface area contributed by atoms with Gasteiger partial charge in [-0.3, -0.25) is 4.68 Å². The molecule has 1 atom stereocenters. The second kappa shape index (κ2) is 6.08. The summed E-state index contributed by atoms with van der Waals surface area (Å²) in [6.07, 6.45) is -3.38. The SMILES string of the molecule is Cl.FC(F)(F)Cn1ncc2cnc(O[C@H]3CNCC3(F)F)cc21. The number of nitrogens with zero attached hydrogens (tertiary/aromatic N) is 3. The van der Waals surface area contributed by atoms with E-state index in [0.717, 1.165) is 4.68 Å². The van der Waals surface area contributed by atoms with Crippen LogP contribution in [-0.2, 0) is 6.54 Å². The van der Waals surface area contributed by atoms with Gasteiger partial charge in [-0.1, -0.05) is 0 Å². The van der Waals surface area contributed by atoms with Gasteiger partial charge in [-0.25, -0.2) is 13.8 Å². The van der Waals surface area contributed by atoms with Gasteiger partial charge in [0.1, 0.15) is 6.54 Å². The van der Waals surface area contributed by atoms with Crippen molar-refractivity contribution < 1.29 is 26.7 Å². The highest BCUT2D eigenvalue weighted by Crippen LogP contribution is 2.28. The lowest BCUT2D eigenvalue weighted by molar-refractivity contribution is -0.141. The van der Waals surface area contributed by atoms with Gasteiger partial charge in [0.05, 0.1) is 18.3 Å². The Hall–Kier alpha value is -1.68. The Labute approximate surface area is 133 Å². The molecule has 1 fully saturated rings. The molecule has 3 rings (SSSR count). The zero-order chi connectivity index (χ0) is 16.0. The minimum Gasteiger partial charge on any atom is -0.466 e. The van der Waals surface area contributed by atoms with Crippen molar-refractivity contribution in [2.75, 3.05) is 13.1 Å². The number of halogens is 6. The molecule has 0 aliphatic carbocycles. The molecule has 1 N–H and O–H groups in total. The lowest BCUT2D eigenvalue weighted by atomic mass is 10.2. The van der Waals surface area contributed by atoms with Gasteiger partial charge in [0.2, 0.25) is 5.88 Å². The molecule has 0 saturated carbocycles. The molecule has 1 aliphatic heterocycles. The Morgan fingerprint density at radius 3 is 2.70 bits per heavy atom. The van der Waals surface area contributed by atoms with E-state index in [1.54, 1.807) is 0 Å². The summed E-state index contributed by atoms with van der Waals surface area (Å²) in [5, 5.41) is 6.48. The lowest BCUT2D eigenvalue weighted by Gasteiger charge is -2.18. The number of fused-ring (bicyclic) bond motifs is 1. The molecular formula is C12H12ClF5N4O. The van der Waals surface area contributed by atoms with Crippen molar-refractivity contribution in [2.45, 2.75) is 24.7 Å². The van der Waals surface area contributed by atoms with Crippen molar-refractivity contribution in [2.24, 2.45) is 0 Å². The molecule has 0 unspecified atom stereocenters. The Morgan fingerprint density at radius 2 is 2.09 bits per heavy atom. The summed E-state index contributed by atoms with van der Waals surface area (Å²) in [7, 11) is 0. The van der Waals surface area contributed by atoms with Crippen molar-refractivity contribution in [3.05, 3.63) is 18.5 Å². The average molecular weight is 359 g/mol. The van der Waals surface area contributed by atoms with Gasteiger partial charge in [0.25, 0.3) is 5.92 Å². The van der Waals surface area contributed by atoms with Crippen LogP contribution in [0.15, 0.2) is 18.5 Å². The molecule has 0 amide bonds. The van der Waals surface area contributed by atoms with Crippen LogP contribution in [0.25, 0.3) is 10.9 Å². The highest BCUT2D eigenvalue weighted by atomic mass is 35.5. The van der Waals surface area contributed by atoms with Gasteiger partial charge < -0.3 is 10.1 Å². The Morgan fingerprint density at radius 1 is 1.35 bits per heavy atom. The third kappa shape index (κ3) is 3.81. The maximum atomic E-state index is 13.5. The predicted molar refractivity (Wildman–Crippen MR) is 73.1 cm³/mol. The molecule has 0 radical (unpaired) electrons. The third-order valence-electron chi connectivity index (χ3n) is 3.25. The largest absolute Gasteiger partial charge is 0.466 e. The quantitative estimate of drug-likeness (QED) is 0.856. The van der Waals surface area contributed by atoms with Crippen LogP contribution < -0.4 is 10.1 Å². The van der Waals surface area contributed by atoms with E-state index in [2.05, 4.69) is 15.4 Å². The van der Waals surface area contributed by atoms with E-state index in [1.165, 1.54) is 18.5 Å². The minimum absolute atomic E-state index is 0. The average Bonchev–Trinajstić information content (AvgIpc) is 2.93. The zero-order valence-electron chi connectivity index (χ0n) is 11.5.